The van der Waals surface area contributed by atoms with Crippen molar-refractivity contribution in [2.75, 3.05) is 26.7 Å². The Morgan fingerprint density at radius 2 is 1.00 bits per heavy atom. The standard InChI is InChI=1S/C7H18N.ClHO4/c1-5-8(4,6-2)7-3;2-1(3,4)5/h5-7H2,1-4H3;(H,2,3,4,5)/q+1;/p-1. The van der Waals surface area contributed by atoms with Crippen molar-refractivity contribution in [1.82, 2.24) is 0 Å². The Balaban J connectivity index is 0. The van der Waals surface area contributed by atoms with Gasteiger partial charge in [0.1, 0.15) is 0 Å². The fourth-order valence-electron chi connectivity index (χ4n) is 0.671. The Labute approximate surface area is 81.5 Å². The quantitative estimate of drug-likeness (QED) is 0.462. The molecule has 0 spiro atoms. The molecule has 0 aromatic rings. The number of halogens is 1. The normalized spacial score (nSPS) is 12.0. The minimum Gasteiger partial charge on any atom is -0.327 e. The largest absolute Gasteiger partial charge is 0.327 e. The molecule has 6 heteroatoms. The van der Waals surface area contributed by atoms with Crippen LogP contribution in [0.4, 0.5) is 0 Å². The molecule has 0 saturated heterocycles. The van der Waals surface area contributed by atoms with Crippen LogP contribution < -0.4 is 18.6 Å². The van der Waals surface area contributed by atoms with Gasteiger partial charge >= 0.3 is 0 Å². The van der Waals surface area contributed by atoms with Gasteiger partial charge in [0.15, 0.2) is 0 Å². The van der Waals surface area contributed by atoms with Crippen LogP contribution in [0, 0.1) is 10.2 Å². The lowest BCUT2D eigenvalue weighted by Crippen LogP contribution is -2.68. The summed E-state index contributed by atoms with van der Waals surface area (Å²) in [7, 11) is -2.65. The van der Waals surface area contributed by atoms with Crippen LogP contribution in [0.5, 0.6) is 0 Å². The van der Waals surface area contributed by atoms with Gasteiger partial charge in [-0.3, -0.25) is 0 Å². The zero-order chi connectivity index (χ0) is 11.1. The molecular weight excluding hydrogens is 198 g/mol. The first-order valence-corrected chi connectivity index (χ1v) is 5.37. The minimum atomic E-state index is -4.94. The van der Waals surface area contributed by atoms with Crippen molar-refractivity contribution in [1.29, 1.82) is 0 Å². The molecule has 0 aliphatic heterocycles. The molecule has 0 rings (SSSR count). The van der Waals surface area contributed by atoms with Crippen LogP contribution in [-0.2, 0) is 0 Å². The van der Waals surface area contributed by atoms with Gasteiger partial charge in [-0.05, 0) is 20.8 Å². The van der Waals surface area contributed by atoms with Gasteiger partial charge in [-0.15, -0.1) is 10.2 Å². The maximum atomic E-state index is 8.49. The van der Waals surface area contributed by atoms with E-state index in [0.717, 1.165) is 0 Å². The second kappa shape index (κ2) is 6.53. The molecule has 0 aromatic carbocycles. The second-order valence-electron chi connectivity index (χ2n) is 2.95. The number of nitrogens with zero attached hydrogens (tertiary/aromatic N) is 1. The van der Waals surface area contributed by atoms with Crippen molar-refractivity contribution in [2.24, 2.45) is 0 Å². The lowest BCUT2D eigenvalue weighted by molar-refractivity contribution is -2.00. The van der Waals surface area contributed by atoms with Gasteiger partial charge in [-0.25, -0.2) is 18.6 Å². The molecule has 0 aromatic heterocycles. The molecule has 0 aliphatic rings. The highest BCUT2D eigenvalue weighted by Crippen LogP contribution is 1.97. The van der Waals surface area contributed by atoms with Crippen LogP contribution >= 0.6 is 0 Å². The highest BCUT2D eigenvalue weighted by Gasteiger charge is 2.10. The summed E-state index contributed by atoms with van der Waals surface area (Å²) in [6.07, 6.45) is 0. The predicted octanol–water partition coefficient (Wildman–Crippen LogP) is -3.26. The van der Waals surface area contributed by atoms with E-state index < -0.39 is 10.2 Å². The number of quaternary nitrogens is 1. The molecule has 0 heterocycles. The molecule has 0 amide bonds. The van der Waals surface area contributed by atoms with Crippen molar-refractivity contribution < 1.29 is 33.4 Å². The minimum absolute atomic E-state index is 1.21. The fourth-order valence-corrected chi connectivity index (χ4v) is 0.671. The van der Waals surface area contributed by atoms with Crippen LogP contribution in [-0.4, -0.2) is 31.2 Å². The molecule has 0 N–H and O–H groups in total. The average Bonchev–Trinajstić information content (AvgIpc) is 2.00. The molecule has 0 unspecified atom stereocenters. The lowest BCUT2D eigenvalue weighted by atomic mass is 10.4. The second-order valence-corrected chi connectivity index (χ2v) is 3.70. The summed E-state index contributed by atoms with van der Waals surface area (Å²) in [6, 6.07) is 0. The Morgan fingerprint density at radius 3 is 1.00 bits per heavy atom. The van der Waals surface area contributed by atoms with Crippen LogP contribution in [0.2, 0.25) is 0 Å². The lowest BCUT2D eigenvalue weighted by Gasteiger charge is -2.30. The Hall–Kier alpha value is 0.0900. The zero-order valence-electron chi connectivity index (χ0n) is 8.58. The van der Waals surface area contributed by atoms with E-state index in [4.69, 9.17) is 18.6 Å². The van der Waals surface area contributed by atoms with E-state index in [1.165, 1.54) is 24.1 Å². The summed E-state index contributed by atoms with van der Waals surface area (Å²) < 4.78 is 35.2. The van der Waals surface area contributed by atoms with Gasteiger partial charge < -0.3 is 4.48 Å². The molecule has 82 valence electrons. The van der Waals surface area contributed by atoms with E-state index in [0.29, 0.717) is 0 Å². The summed E-state index contributed by atoms with van der Waals surface area (Å²) >= 11 is 0. The van der Waals surface area contributed by atoms with E-state index in [-0.39, 0.29) is 0 Å². The molecule has 0 aliphatic carbocycles. The van der Waals surface area contributed by atoms with Crippen molar-refractivity contribution in [3.05, 3.63) is 0 Å². The third-order valence-electron chi connectivity index (χ3n) is 2.29. The zero-order valence-corrected chi connectivity index (χ0v) is 9.34. The average molecular weight is 216 g/mol. The fraction of sp³-hybridized carbons (Fsp3) is 1.00. The van der Waals surface area contributed by atoms with Crippen LogP contribution in [0.1, 0.15) is 20.8 Å². The summed E-state index contributed by atoms with van der Waals surface area (Å²) in [5, 5.41) is 0. The molecule has 0 bridgehead atoms. The highest BCUT2D eigenvalue weighted by atomic mass is 35.7. The van der Waals surface area contributed by atoms with Gasteiger partial charge in [-0.1, -0.05) is 0 Å². The topological polar surface area (TPSA) is 92.2 Å². The van der Waals surface area contributed by atoms with Gasteiger partial charge in [0.2, 0.25) is 0 Å². The van der Waals surface area contributed by atoms with E-state index in [2.05, 4.69) is 27.8 Å². The first-order chi connectivity index (χ1) is 5.68. The molecular formula is C7H18ClNO4. The number of hydrogen-bond donors (Lipinski definition) is 0. The first-order valence-electron chi connectivity index (χ1n) is 4.13. The number of rotatable bonds is 3. The maximum absolute atomic E-state index is 8.49. The van der Waals surface area contributed by atoms with E-state index >= 15 is 0 Å². The molecule has 0 atom stereocenters. The number of hydrogen-bond acceptors (Lipinski definition) is 4. The Kier molecular flexibility index (Phi) is 7.81. The molecule has 13 heavy (non-hydrogen) atoms. The summed E-state index contributed by atoms with van der Waals surface area (Å²) in [4.78, 5) is 0. The smallest absolute Gasteiger partial charge is 0.0755 e. The summed E-state index contributed by atoms with van der Waals surface area (Å²) in [5.74, 6) is 0. The first kappa shape index (κ1) is 15.6. The Bertz CT molecular complexity index is 108. The van der Waals surface area contributed by atoms with Gasteiger partial charge in [-0.2, -0.15) is 0 Å². The SMILES string of the molecule is CC[N+](C)(CC)CC.[O-][Cl+3]([O-])([O-])[O-]. The highest BCUT2D eigenvalue weighted by molar-refractivity contribution is 4.24. The van der Waals surface area contributed by atoms with E-state index in [1.807, 2.05) is 0 Å². The monoisotopic (exact) mass is 215 g/mol. The van der Waals surface area contributed by atoms with Crippen molar-refractivity contribution in [3.63, 3.8) is 0 Å². The van der Waals surface area contributed by atoms with Gasteiger partial charge in [0.25, 0.3) is 0 Å². The van der Waals surface area contributed by atoms with Crippen LogP contribution in [0.25, 0.3) is 0 Å². The van der Waals surface area contributed by atoms with E-state index in [9.17, 15) is 0 Å². The molecule has 5 nitrogen and oxygen atoms in total. The van der Waals surface area contributed by atoms with Gasteiger partial charge in [0.05, 0.1) is 26.7 Å². The van der Waals surface area contributed by atoms with Crippen LogP contribution in [0.3, 0.4) is 0 Å². The molecule has 0 saturated carbocycles. The third-order valence-corrected chi connectivity index (χ3v) is 2.29. The van der Waals surface area contributed by atoms with Crippen molar-refractivity contribution in [2.45, 2.75) is 20.8 Å². The van der Waals surface area contributed by atoms with Crippen molar-refractivity contribution >= 4 is 0 Å². The predicted molar refractivity (Wildman–Crippen MR) is 37.8 cm³/mol. The molecule has 0 fully saturated rings. The maximum Gasteiger partial charge on any atom is 0.0755 e. The summed E-state index contributed by atoms with van der Waals surface area (Å²) in [6.45, 7) is 10.5. The summed E-state index contributed by atoms with van der Waals surface area (Å²) in [5.41, 5.74) is 0. The third kappa shape index (κ3) is 14.9. The Morgan fingerprint density at radius 1 is 0.846 bits per heavy atom. The van der Waals surface area contributed by atoms with Gasteiger partial charge in [0, 0.05) is 0 Å². The van der Waals surface area contributed by atoms with Crippen LogP contribution in [0.15, 0.2) is 0 Å². The van der Waals surface area contributed by atoms with E-state index in [1.54, 1.807) is 0 Å². The molecule has 0 radical (unpaired) electrons. The van der Waals surface area contributed by atoms with Crippen molar-refractivity contribution in [3.8, 4) is 0 Å².